The van der Waals surface area contributed by atoms with Gasteiger partial charge < -0.3 is 4.42 Å². The molecule has 2 aliphatic carbocycles. The molecule has 0 amide bonds. The normalized spacial score (nSPS) is 18.0. The number of furan rings is 1. The van der Waals surface area contributed by atoms with Crippen molar-refractivity contribution < 1.29 is 4.42 Å². The minimum absolute atomic E-state index is 0.275. The fourth-order valence-corrected chi connectivity index (χ4v) is 11.2. The van der Waals surface area contributed by atoms with Crippen LogP contribution in [0.15, 0.2) is 184 Å². The molecule has 0 bridgehead atoms. The molecule has 254 valence electrons. The van der Waals surface area contributed by atoms with Crippen LogP contribution in [0.3, 0.4) is 0 Å². The molecule has 0 spiro atoms. The molecule has 9 aromatic rings. The molecule has 0 saturated carbocycles. The molecule has 2 heterocycles. The van der Waals surface area contributed by atoms with Crippen LogP contribution < -0.4 is 0 Å². The number of fused-ring (bicyclic) bond motifs is 13. The second-order valence-corrected chi connectivity index (χ2v) is 16.1. The summed E-state index contributed by atoms with van der Waals surface area (Å²) in [6, 6.07) is 51.3. The van der Waals surface area contributed by atoms with E-state index in [9.17, 15) is 0 Å². The van der Waals surface area contributed by atoms with Crippen LogP contribution in [0.1, 0.15) is 46.9 Å². The third kappa shape index (κ3) is 4.35. The topological polar surface area (TPSA) is 13.1 Å². The zero-order valence-corrected chi connectivity index (χ0v) is 30.4. The van der Waals surface area contributed by atoms with Crippen LogP contribution in [0.5, 0.6) is 0 Å². The molecule has 2 heteroatoms. The van der Waals surface area contributed by atoms with Gasteiger partial charge >= 0.3 is 0 Å². The standard InChI is InChI=1S/C52H34OS/c1-2-17-35-31(13-1)14-12-25-36(35)32-15-11-16-33(29-32)47-37-18-3-5-20-39(37)48(40-21-6-4-19-38(40)47)34-27-28-46-44(30-34)50-42-23-8-7-22-41(42)49-43-24-9-10-26-45(43)53-51(49)52(50)54-46/h1-28,32,44H,29-30H2. The van der Waals surface area contributed by atoms with Crippen molar-refractivity contribution in [2.75, 3.05) is 0 Å². The van der Waals surface area contributed by atoms with Gasteiger partial charge in [0.2, 0.25) is 0 Å². The van der Waals surface area contributed by atoms with Crippen molar-refractivity contribution >= 4 is 87.9 Å². The Morgan fingerprint density at radius 1 is 0.500 bits per heavy atom. The molecule has 3 aliphatic rings. The van der Waals surface area contributed by atoms with E-state index in [-0.39, 0.29) is 5.92 Å². The summed E-state index contributed by atoms with van der Waals surface area (Å²) < 4.78 is 6.69. The number of allylic oxidation sites excluding steroid dienone is 8. The Labute approximate surface area is 317 Å². The molecule has 54 heavy (non-hydrogen) atoms. The highest BCUT2D eigenvalue weighted by atomic mass is 32.2. The lowest BCUT2D eigenvalue weighted by Gasteiger charge is -2.26. The van der Waals surface area contributed by atoms with E-state index in [2.05, 4.69) is 170 Å². The van der Waals surface area contributed by atoms with Gasteiger partial charge in [-0.1, -0.05) is 176 Å². The third-order valence-electron chi connectivity index (χ3n) is 12.2. The lowest BCUT2D eigenvalue weighted by Crippen LogP contribution is -2.05. The summed E-state index contributed by atoms with van der Waals surface area (Å²) in [6.45, 7) is 0. The Morgan fingerprint density at radius 3 is 1.83 bits per heavy atom. The average molecular weight is 707 g/mol. The van der Waals surface area contributed by atoms with Gasteiger partial charge in [0.1, 0.15) is 11.2 Å². The first-order valence-corrected chi connectivity index (χ1v) is 19.9. The lowest BCUT2D eigenvalue weighted by molar-refractivity contribution is 0.659. The van der Waals surface area contributed by atoms with Gasteiger partial charge in [-0.3, -0.25) is 0 Å². The predicted octanol–water partition coefficient (Wildman–Crippen LogP) is 14.9. The number of rotatable bonds is 3. The highest BCUT2D eigenvalue weighted by molar-refractivity contribution is 8.03. The summed E-state index contributed by atoms with van der Waals surface area (Å²) in [5.41, 5.74) is 10.3. The van der Waals surface area contributed by atoms with Crippen LogP contribution in [-0.2, 0) is 0 Å². The number of benzene rings is 8. The number of hydrogen-bond donors (Lipinski definition) is 0. The van der Waals surface area contributed by atoms with Crippen LogP contribution in [0, 0.1) is 0 Å². The first-order valence-electron chi connectivity index (χ1n) is 19.0. The molecule has 8 aromatic carbocycles. The Morgan fingerprint density at radius 2 is 1.09 bits per heavy atom. The van der Waals surface area contributed by atoms with Gasteiger partial charge in [0.05, 0.1) is 4.90 Å². The molecule has 2 unspecified atom stereocenters. The molecular weight excluding hydrogens is 673 g/mol. The first-order chi connectivity index (χ1) is 26.8. The maximum atomic E-state index is 6.69. The van der Waals surface area contributed by atoms with Crippen molar-refractivity contribution in [2.24, 2.45) is 0 Å². The van der Waals surface area contributed by atoms with Crippen molar-refractivity contribution in [3.8, 4) is 0 Å². The van der Waals surface area contributed by atoms with E-state index in [4.69, 9.17) is 4.42 Å². The van der Waals surface area contributed by atoms with Gasteiger partial charge in [0, 0.05) is 22.6 Å². The Bertz CT molecular complexity index is 3140. The molecule has 0 fully saturated rings. The molecule has 1 aliphatic heterocycles. The van der Waals surface area contributed by atoms with E-state index in [1.807, 2.05) is 11.8 Å². The number of hydrogen-bond acceptors (Lipinski definition) is 2. The third-order valence-corrected chi connectivity index (χ3v) is 13.5. The maximum Gasteiger partial charge on any atom is 0.150 e. The maximum absolute atomic E-state index is 6.69. The molecule has 0 saturated heterocycles. The highest BCUT2D eigenvalue weighted by Crippen LogP contribution is 2.60. The van der Waals surface area contributed by atoms with Gasteiger partial charge in [-0.25, -0.2) is 0 Å². The summed E-state index contributed by atoms with van der Waals surface area (Å²) in [6.07, 6.45) is 13.8. The van der Waals surface area contributed by atoms with Gasteiger partial charge in [-0.05, 0) is 100 Å². The monoisotopic (exact) mass is 706 g/mol. The zero-order chi connectivity index (χ0) is 35.3. The van der Waals surface area contributed by atoms with E-state index in [0.29, 0.717) is 5.92 Å². The summed E-state index contributed by atoms with van der Waals surface area (Å²) in [7, 11) is 0. The molecule has 0 N–H and O–H groups in total. The van der Waals surface area contributed by atoms with E-state index in [1.54, 1.807) is 0 Å². The Hall–Kier alpha value is -6.09. The minimum atomic E-state index is 0.275. The highest BCUT2D eigenvalue weighted by Gasteiger charge is 2.36. The molecule has 1 nitrogen and oxygen atoms in total. The number of para-hydroxylation sites is 1. The van der Waals surface area contributed by atoms with E-state index >= 15 is 0 Å². The van der Waals surface area contributed by atoms with Crippen molar-refractivity contribution in [3.63, 3.8) is 0 Å². The smallest absolute Gasteiger partial charge is 0.150 e. The summed E-state index contributed by atoms with van der Waals surface area (Å²) in [5.74, 6) is 0.586. The summed E-state index contributed by atoms with van der Waals surface area (Å²) in [5, 5.41) is 13.0. The van der Waals surface area contributed by atoms with Crippen molar-refractivity contribution in [3.05, 3.63) is 197 Å². The zero-order valence-electron chi connectivity index (χ0n) is 29.6. The number of thioether (sulfide) groups is 1. The molecule has 0 radical (unpaired) electrons. The minimum Gasteiger partial charge on any atom is -0.455 e. The van der Waals surface area contributed by atoms with Gasteiger partial charge in [-0.2, -0.15) is 0 Å². The largest absolute Gasteiger partial charge is 0.455 e. The second kappa shape index (κ2) is 11.7. The lowest BCUT2D eigenvalue weighted by atomic mass is 9.77. The van der Waals surface area contributed by atoms with Crippen molar-refractivity contribution in [2.45, 2.75) is 29.6 Å². The Kier molecular flexibility index (Phi) is 6.58. The molecular formula is C52H34OS. The van der Waals surface area contributed by atoms with Crippen LogP contribution in [0.2, 0.25) is 0 Å². The SMILES string of the molecule is C1=CC(c2cccc3ccccc23)CC(c2c3ccccc3c(C3=CC=C4Sc5c(c6ccccc6c6c5oc5ccccc56)C4C3)c3ccccc23)=C1. The van der Waals surface area contributed by atoms with Gasteiger partial charge in [0.25, 0.3) is 0 Å². The fourth-order valence-electron chi connectivity index (χ4n) is 9.91. The van der Waals surface area contributed by atoms with Gasteiger partial charge in [0.15, 0.2) is 0 Å². The van der Waals surface area contributed by atoms with E-state index in [0.717, 1.165) is 24.0 Å². The summed E-state index contributed by atoms with van der Waals surface area (Å²) >= 11 is 1.91. The van der Waals surface area contributed by atoms with Crippen LogP contribution in [0.4, 0.5) is 0 Å². The first kappa shape index (κ1) is 30.4. The van der Waals surface area contributed by atoms with E-state index < -0.39 is 0 Å². The molecule has 12 rings (SSSR count). The molecule has 2 atom stereocenters. The van der Waals surface area contributed by atoms with Crippen LogP contribution in [-0.4, -0.2) is 0 Å². The van der Waals surface area contributed by atoms with Crippen molar-refractivity contribution in [1.29, 1.82) is 0 Å². The molecule has 1 aromatic heterocycles. The fraction of sp³-hybridized carbons (Fsp3) is 0.0769. The van der Waals surface area contributed by atoms with Crippen LogP contribution in [0.25, 0.3) is 76.2 Å². The van der Waals surface area contributed by atoms with Crippen LogP contribution >= 0.6 is 11.8 Å². The second-order valence-electron chi connectivity index (χ2n) is 15.0. The average Bonchev–Trinajstić information content (AvgIpc) is 3.82. The van der Waals surface area contributed by atoms with Gasteiger partial charge in [-0.15, -0.1) is 0 Å². The predicted molar refractivity (Wildman–Crippen MR) is 230 cm³/mol. The van der Waals surface area contributed by atoms with Crippen molar-refractivity contribution in [1.82, 2.24) is 0 Å². The quantitative estimate of drug-likeness (QED) is 0.170. The Balaban J connectivity index is 1.01. The van der Waals surface area contributed by atoms with E-state index in [1.165, 1.54) is 97.1 Å². The summed E-state index contributed by atoms with van der Waals surface area (Å²) in [4.78, 5) is 2.70.